The lowest BCUT2D eigenvalue weighted by Crippen LogP contribution is -2.42. The van der Waals surface area contributed by atoms with Crippen LogP contribution in [-0.2, 0) is 19.1 Å². The van der Waals surface area contributed by atoms with Gasteiger partial charge in [0, 0.05) is 44.6 Å². The molecule has 3 atom stereocenters. The zero-order valence-corrected chi connectivity index (χ0v) is 19.8. The lowest BCUT2D eigenvalue weighted by molar-refractivity contribution is -0.140. The van der Waals surface area contributed by atoms with Gasteiger partial charge in [-0.25, -0.2) is 9.59 Å². The van der Waals surface area contributed by atoms with Crippen LogP contribution in [-0.4, -0.2) is 68.0 Å². The minimum atomic E-state index is -0.534. The van der Waals surface area contributed by atoms with Crippen molar-refractivity contribution < 1.29 is 23.9 Å². The van der Waals surface area contributed by atoms with Crippen LogP contribution in [0.2, 0.25) is 0 Å². The third kappa shape index (κ3) is 6.79. The summed E-state index contributed by atoms with van der Waals surface area (Å²) in [6, 6.07) is -0.365. The number of ether oxygens (including phenoxy) is 1. The van der Waals surface area contributed by atoms with Gasteiger partial charge in [-0.3, -0.25) is 14.5 Å². The fourth-order valence-electron chi connectivity index (χ4n) is 4.54. The van der Waals surface area contributed by atoms with Crippen molar-refractivity contribution in [3.05, 3.63) is 12.7 Å². The molecule has 0 spiro atoms. The molecule has 3 unspecified atom stereocenters. The number of imide groups is 1. The molecule has 2 rings (SSSR count). The lowest BCUT2D eigenvalue weighted by Gasteiger charge is -2.24. The van der Waals surface area contributed by atoms with E-state index >= 15 is 0 Å². The fraction of sp³-hybridized carbons (Fsp3) is 0.739. The summed E-state index contributed by atoms with van der Waals surface area (Å²) < 4.78 is 4.75. The second-order valence-corrected chi connectivity index (χ2v) is 9.80. The molecule has 0 radical (unpaired) electrons. The average molecular weight is 451 g/mol. The highest BCUT2D eigenvalue weighted by molar-refractivity contribution is 6.03. The van der Waals surface area contributed by atoms with Crippen molar-refractivity contribution in [1.29, 1.82) is 0 Å². The molecule has 1 aliphatic carbocycles. The first-order chi connectivity index (χ1) is 15.0. The van der Waals surface area contributed by atoms with E-state index in [1.165, 1.54) is 11.3 Å². The summed E-state index contributed by atoms with van der Waals surface area (Å²) in [6.45, 7) is 14.2. The predicted molar refractivity (Wildman–Crippen MR) is 121 cm³/mol. The summed E-state index contributed by atoms with van der Waals surface area (Å²) in [5, 5.41) is 8.36. The van der Waals surface area contributed by atoms with Gasteiger partial charge < -0.3 is 20.7 Å². The molecule has 0 aromatic heterocycles. The molecule has 2 fully saturated rings. The number of amides is 4. The zero-order chi connectivity index (χ0) is 23.9. The Morgan fingerprint density at radius 1 is 1.19 bits per heavy atom. The van der Waals surface area contributed by atoms with Crippen molar-refractivity contribution in [2.24, 2.45) is 22.7 Å². The van der Waals surface area contributed by atoms with E-state index in [2.05, 4.69) is 50.2 Å². The largest absolute Gasteiger partial charge is 0.461 e. The Balaban J connectivity index is 1.58. The van der Waals surface area contributed by atoms with Crippen LogP contribution >= 0.6 is 0 Å². The van der Waals surface area contributed by atoms with Gasteiger partial charge in [-0.1, -0.05) is 34.3 Å². The van der Waals surface area contributed by atoms with Gasteiger partial charge in [0.1, 0.15) is 6.61 Å². The molecular weight excluding hydrogens is 412 g/mol. The van der Waals surface area contributed by atoms with E-state index in [1.54, 1.807) is 0 Å². The third-order valence-electron chi connectivity index (χ3n) is 6.98. The average Bonchev–Trinajstić information content (AvgIpc) is 3.08. The van der Waals surface area contributed by atoms with E-state index in [-0.39, 0.29) is 48.2 Å². The van der Waals surface area contributed by atoms with Gasteiger partial charge in [-0.05, 0) is 29.6 Å². The Labute approximate surface area is 190 Å². The zero-order valence-electron chi connectivity index (χ0n) is 19.8. The van der Waals surface area contributed by atoms with Crippen LogP contribution < -0.4 is 16.0 Å². The number of rotatable bonds is 13. The van der Waals surface area contributed by atoms with E-state index < -0.39 is 5.97 Å². The molecule has 9 nitrogen and oxygen atoms in total. The van der Waals surface area contributed by atoms with E-state index in [9.17, 15) is 19.2 Å². The Hall–Kier alpha value is -2.42. The van der Waals surface area contributed by atoms with Crippen molar-refractivity contribution in [3.8, 4) is 0 Å². The second-order valence-electron chi connectivity index (χ2n) is 9.80. The highest BCUT2D eigenvalue weighted by Crippen LogP contribution is 2.66. The summed E-state index contributed by atoms with van der Waals surface area (Å²) in [5.74, 6) is -0.705. The van der Waals surface area contributed by atoms with Crippen molar-refractivity contribution >= 4 is 23.8 Å². The summed E-state index contributed by atoms with van der Waals surface area (Å²) in [6.07, 6.45) is 3.51. The molecule has 1 aliphatic heterocycles. The molecule has 0 aromatic carbocycles. The molecule has 2 aliphatic rings. The minimum Gasteiger partial charge on any atom is -0.461 e. The van der Waals surface area contributed by atoms with E-state index in [4.69, 9.17) is 4.74 Å². The number of carbonyl (C=O) groups excluding carboxylic acids is 4. The van der Waals surface area contributed by atoms with Gasteiger partial charge in [-0.15, -0.1) is 0 Å². The Bertz CT molecular complexity index is 738. The van der Waals surface area contributed by atoms with Crippen molar-refractivity contribution in [3.63, 3.8) is 0 Å². The highest BCUT2D eigenvalue weighted by Gasteiger charge is 2.58. The lowest BCUT2D eigenvalue weighted by atomic mass is 9.81. The van der Waals surface area contributed by atoms with Gasteiger partial charge in [0.2, 0.25) is 11.8 Å². The Morgan fingerprint density at radius 2 is 1.84 bits per heavy atom. The molecule has 1 heterocycles. The highest BCUT2D eigenvalue weighted by atomic mass is 16.5. The van der Waals surface area contributed by atoms with Crippen LogP contribution in [0.1, 0.15) is 47.0 Å². The van der Waals surface area contributed by atoms with Crippen molar-refractivity contribution in [2.75, 3.05) is 39.3 Å². The molecule has 0 aromatic rings. The summed E-state index contributed by atoms with van der Waals surface area (Å²) >= 11 is 0. The first kappa shape index (κ1) is 25.8. The number of hydrogen-bond acceptors (Lipinski definition) is 6. The topological polar surface area (TPSA) is 117 Å². The van der Waals surface area contributed by atoms with Crippen molar-refractivity contribution in [2.45, 2.75) is 47.0 Å². The maximum Gasteiger partial charge on any atom is 0.330 e. The first-order valence-corrected chi connectivity index (χ1v) is 11.4. The second kappa shape index (κ2) is 10.9. The van der Waals surface area contributed by atoms with Gasteiger partial charge in [0.15, 0.2) is 0 Å². The van der Waals surface area contributed by atoms with Crippen LogP contribution in [0.25, 0.3) is 0 Å². The molecule has 180 valence electrons. The van der Waals surface area contributed by atoms with Crippen LogP contribution in [0.4, 0.5) is 4.79 Å². The van der Waals surface area contributed by atoms with Gasteiger partial charge in [0.25, 0.3) is 0 Å². The van der Waals surface area contributed by atoms with E-state index in [0.717, 1.165) is 12.5 Å². The Kier molecular flexibility index (Phi) is 8.83. The maximum atomic E-state index is 12.8. The van der Waals surface area contributed by atoms with Crippen LogP contribution in [0, 0.1) is 22.7 Å². The molecule has 3 N–H and O–H groups in total. The molecule has 0 bridgehead atoms. The van der Waals surface area contributed by atoms with Gasteiger partial charge >= 0.3 is 12.0 Å². The van der Waals surface area contributed by atoms with E-state index in [1.807, 2.05) is 0 Å². The SMILES string of the molecule is C=CC(=O)OCCNC(=O)NCCNCCN1C(=O)CC(C(C)CC2(C)CC2(C)C)C1=O. The molecule has 4 amide bonds. The number of carbonyl (C=O) groups is 4. The van der Waals surface area contributed by atoms with Crippen LogP contribution in [0.5, 0.6) is 0 Å². The van der Waals surface area contributed by atoms with Crippen LogP contribution in [0.3, 0.4) is 0 Å². The number of esters is 1. The predicted octanol–water partition coefficient (Wildman–Crippen LogP) is 1.44. The summed E-state index contributed by atoms with van der Waals surface area (Å²) in [5.41, 5.74) is 0.583. The number of hydrogen-bond donors (Lipinski definition) is 3. The number of urea groups is 1. The monoisotopic (exact) mass is 450 g/mol. The number of likely N-dealkylation sites (tertiary alicyclic amines) is 1. The maximum absolute atomic E-state index is 12.8. The normalized spacial score (nSPS) is 24.8. The molecule has 9 heteroatoms. The minimum absolute atomic E-state index is 0.0546. The summed E-state index contributed by atoms with van der Waals surface area (Å²) in [4.78, 5) is 49.0. The molecule has 1 saturated carbocycles. The van der Waals surface area contributed by atoms with Gasteiger partial charge in [-0.2, -0.15) is 0 Å². The first-order valence-electron chi connectivity index (χ1n) is 11.4. The third-order valence-corrected chi connectivity index (χ3v) is 6.98. The smallest absolute Gasteiger partial charge is 0.330 e. The standard InChI is InChI=1S/C23H38N4O5/c1-6-19(29)32-12-10-26-21(31)25-8-7-24-9-11-27-18(28)13-17(20(27)30)16(2)14-23(5)15-22(23,3)4/h6,16-17,24H,1,7-15H2,2-5H3,(H2,25,26,31). The quantitative estimate of drug-likeness (QED) is 0.169. The fourth-order valence-corrected chi connectivity index (χ4v) is 4.54. The van der Waals surface area contributed by atoms with Gasteiger partial charge in [0.05, 0.1) is 6.54 Å². The Morgan fingerprint density at radius 3 is 2.47 bits per heavy atom. The van der Waals surface area contributed by atoms with E-state index in [0.29, 0.717) is 38.0 Å². The molecular formula is C23H38N4O5. The molecule has 1 saturated heterocycles. The summed E-state index contributed by atoms with van der Waals surface area (Å²) in [7, 11) is 0. The number of nitrogens with zero attached hydrogens (tertiary/aromatic N) is 1. The van der Waals surface area contributed by atoms with Crippen LogP contribution in [0.15, 0.2) is 12.7 Å². The van der Waals surface area contributed by atoms with Crippen molar-refractivity contribution in [1.82, 2.24) is 20.9 Å². The molecule has 32 heavy (non-hydrogen) atoms. The number of nitrogens with one attached hydrogen (secondary N) is 3.